The van der Waals surface area contributed by atoms with E-state index in [2.05, 4.69) is 11.3 Å². The van der Waals surface area contributed by atoms with E-state index in [-0.39, 0.29) is 5.91 Å². The first-order valence-electron chi connectivity index (χ1n) is 3.77. The van der Waals surface area contributed by atoms with Gasteiger partial charge >= 0.3 is 11.9 Å². The van der Waals surface area contributed by atoms with Crippen LogP contribution in [-0.2, 0) is 19.1 Å². The van der Waals surface area contributed by atoms with E-state index in [9.17, 15) is 14.4 Å². The number of hydrogen-bond acceptors (Lipinski definition) is 4. The van der Waals surface area contributed by atoms with E-state index in [4.69, 9.17) is 0 Å². The maximum atomic E-state index is 10.2. The summed E-state index contributed by atoms with van der Waals surface area (Å²) in [5.41, 5.74) is 0. The van der Waals surface area contributed by atoms with Gasteiger partial charge in [0.25, 0.3) is 0 Å². The monoisotopic (exact) mass is 197 g/mol. The minimum Gasteiger partial charge on any atom is -0.387 e. The topological polar surface area (TPSA) is 63.7 Å². The van der Waals surface area contributed by atoms with Gasteiger partial charge in [-0.15, -0.1) is 0 Å². The lowest BCUT2D eigenvalue weighted by Gasteiger charge is -2.04. The standard InChI is InChI=1S/C5H9NO.C4H2O3/c1-4-6(3)5(2)7;5-3-1-2-4(6)7-3/h4H,1H2,2-3H3;1-2H. The van der Waals surface area contributed by atoms with Gasteiger partial charge in [-0.2, -0.15) is 0 Å². The first-order valence-corrected chi connectivity index (χ1v) is 3.77. The molecular weight excluding hydrogens is 186 g/mol. The van der Waals surface area contributed by atoms with E-state index in [1.54, 1.807) is 7.05 Å². The highest BCUT2D eigenvalue weighted by atomic mass is 16.6. The number of carbonyl (C=O) groups excluding carboxylic acids is 3. The van der Waals surface area contributed by atoms with Crippen LogP contribution in [0.25, 0.3) is 0 Å². The predicted octanol–water partition coefficient (Wildman–Crippen LogP) is 0.234. The molecule has 1 aliphatic heterocycles. The smallest absolute Gasteiger partial charge is 0.338 e. The maximum absolute atomic E-state index is 10.2. The van der Waals surface area contributed by atoms with E-state index < -0.39 is 11.9 Å². The number of nitrogens with zero attached hydrogens (tertiary/aromatic N) is 1. The molecule has 0 spiro atoms. The molecule has 14 heavy (non-hydrogen) atoms. The first-order chi connectivity index (χ1) is 6.47. The number of rotatable bonds is 1. The Morgan fingerprint density at radius 1 is 1.43 bits per heavy atom. The van der Waals surface area contributed by atoms with Crippen molar-refractivity contribution in [3.05, 3.63) is 24.9 Å². The third-order valence-corrected chi connectivity index (χ3v) is 1.33. The van der Waals surface area contributed by atoms with Crippen LogP contribution in [0.15, 0.2) is 24.9 Å². The summed E-state index contributed by atoms with van der Waals surface area (Å²) >= 11 is 0. The predicted molar refractivity (Wildman–Crippen MR) is 48.9 cm³/mol. The Bertz CT molecular complexity index is 277. The molecule has 0 N–H and O–H groups in total. The molecule has 0 aliphatic carbocycles. The van der Waals surface area contributed by atoms with Crippen LogP contribution in [0.3, 0.4) is 0 Å². The van der Waals surface area contributed by atoms with Crippen molar-refractivity contribution < 1.29 is 19.1 Å². The van der Waals surface area contributed by atoms with E-state index in [1.807, 2.05) is 0 Å². The lowest BCUT2D eigenvalue weighted by Crippen LogP contribution is -2.15. The van der Waals surface area contributed by atoms with Crippen molar-refractivity contribution in [2.45, 2.75) is 6.92 Å². The van der Waals surface area contributed by atoms with Crippen LogP contribution < -0.4 is 0 Å². The SMILES string of the molecule is C=CN(C)C(C)=O.O=C1C=CC(=O)O1. The number of ether oxygens (including phenoxy) is 1. The van der Waals surface area contributed by atoms with Gasteiger partial charge in [0.2, 0.25) is 5.91 Å². The van der Waals surface area contributed by atoms with Gasteiger partial charge in [0.15, 0.2) is 0 Å². The highest BCUT2D eigenvalue weighted by Gasteiger charge is 2.10. The minimum atomic E-state index is -0.579. The first kappa shape index (κ1) is 12.1. The van der Waals surface area contributed by atoms with Crippen molar-refractivity contribution in [3.63, 3.8) is 0 Å². The van der Waals surface area contributed by atoms with Crippen molar-refractivity contribution in [2.24, 2.45) is 0 Å². The Morgan fingerprint density at radius 3 is 1.93 bits per heavy atom. The van der Waals surface area contributed by atoms with Crippen LogP contribution in [0, 0.1) is 0 Å². The summed E-state index contributed by atoms with van der Waals surface area (Å²) in [6.07, 6.45) is 3.65. The number of amides is 1. The molecule has 1 rings (SSSR count). The van der Waals surface area contributed by atoms with Crippen LogP contribution in [0.2, 0.25) is 0 Å². The van der Waals surface area contributed by atoms with Crippen molar-refractivity contribution in [2.75, 3.05) is 7.05 Å². The van der Waals surface area contributed by atoms with Crippen LogP contribution in [0.4, 0.5) is 0 Å². The highest BCUT2D eigenvalue weighted by Crippen LogP contribution is 1.92. The van der Waals surface area contributed by atoms with E-state index in [0.717, 1.165) is 12.2 Å². The number of esters is 2. The lowest BCUT2D eigenvalue weighted by atomic mass is 10.6. The van der Waals surface area contributed by atoms with Crippen LogP contribution in [-0.4, -0.2) is 29.8 Å². The average molecular weight is 197 g/mol. The molecule has 1 heterocycles. The second-order valence-electron chi connectivity index (χ2n) is 2.39. The number of hydrogen-bond donors (Lipinski definition) is 0. The molecule has 0 bridgehead atoms. The summed E-state index contributed by atoms with van der Waals surface area (Å²) in [6, 6.07) is 0. The van der Waals surface area contributed by atoms with Gasteiger partial charge in [0.1, 0.15) is 0 Å². The van der Waals surface area contributed by atoms with E-state index in [0.29, 0.717) is 0 Å². The molecule has 0 saturated carbocycles. The largest absolute Gasteiger partial charge is 0.387 e. The molecule has 5 heteroatoms. The van der Waals surface area contributed by atoms with Gasteiger partial charge in [-0.1, -0.05) is 6.58 Å². The molecule has 1 amide bonds. The summed E-state index contributed by atoms with van der Waals surface area (Å²) < 4.78 is 3.97. The van der Waals surface area contributed by atoms with Crippen LogP contribution in [0.1, 0.15) is 6.92 Å². The average Bonchev–Trinajstić information content (AvgIpc) is 2.49. The molecular formula is C9H11NO4. The third-order valence-electron chi connectivity index (χ3n) is 1.33. The Morgan fingerprint density at radius 2 is 1.86 bits per heavy atom. The Hall–Kier alpha value is -1.91. The second kappa shape index (κ2) is 5.69. The van der Waals surface area contributed by atoms with Crippen molar-refractivity contribution in [1.82, 2.24) is 4.90 Å². The van der Waals surface area contributed by atoms with Gasteiger partial charge in [0, 0.05) is 26.1 Å². The van der Waals surface area contributed by atoms with Gasteiger partial charge < -0.3 is 9.64 Å². The normalized spacial score (nSPS) is 12.7. The van der Waals surface area contributed by atoms with Crippen molar-refractivity contribution in [1.29, 1.82) is 0 Å². The van der Waals surface area contributed by atoms with Gasteiger partial charge in [-0.05, 0) is 6.20 Å². The van der Waals surface area contributed by atoms with Crippen molar-refractivity contribution >= 4 is 17.8 Å². The van der Waals surface area contributed by atoms with E-state index in [1.165, 1.54) is 18.0 Å². The fourth-order valence-corrected chi connectivity index (χ4v) is 0.432. The lowest BCUT2D eigenvalue weighted by molar-refractivity contribution is -0.150. The fourth-order valence-electron chi connectivity index (χ4n) is 0.432. The third kappa shape index (κ3) is 4.87. The zero-order valence-corrected chi connectivity index (χ0v) is 8.02. The Labute approximate surface area is 81.6 Å². The molecule has 0 aromatic carbocycles. The fraction of sp³-hybridized carbons (Fsp3) is 0.222. The molecule has 0 saturated heterocycles. The minimum absolute atomic E-state index is 0.00926. The zero-order valence-electron chi connectivity index (χ0n) is 8.02. The van der Waals surface area contributed by atoms with Gasteiger partial charge in [-0.25, -0.2) is 9.59 Å². The molecule has 5 nitrogen and oxygen atoms in total. The molecule has 0 unspecified atom stereocenters. The summed E-state index contributed by atoms with van der Waals surface area (Å²) in [5.74, 6) is -1.15. The molecule has 0 fully saturated rings. The summed E-state index contributed by atoms with van der Waals surface area (Å²) in [5, 5.41) is 0. The Kier molecular flexibility index (Phi) is 4.91. The van der Waals surface area contributed by atoms with Gasteiger partial charge in [-0.3, -0.25) is 4.79 Å². The molecule has 1 aliphatic rings. The summed E-state index contributed by atoms with van der Waals surface area (Å²) in [6.45, 7) is 4.87. The summed E-state index contributed by atoms with van der Waals surface area (Å²) in [4.78, 5) is 31.5. The van der Waals surface area contributed by atoms with E-state index >= 15 is 0 Å². The molecule has 76 valence electrons. The zero-order chi connectivity index (χ0) is 11.1. The van der Waals surface area contributed by atoms with Crippen molar-refractivity contribution in [3.8, 4) is 0 Å². The molecule has 0 atom stereocenters. The van der Waals surface area contributed by atoms with Crippen LogP contribution >= 0.6 is 0 Å². The number of carbonyl (C=O) groups is 3. The Balaban J connectivity index is 0.000000241. The highest BCUT2D eigenvalue weighted by molar-refractivity contribution is 6.04. The maximum Gasteiger partial charge on any atom is 0.338 e. The summed E-state index contributed by atoms with van der Waals surface area (Å²) in [7, 11) is 1.66. The van der Waals surface area contributed by atoms with Gasteiger partial charge in [0.05, 0.1) is 0 Å². The molecule has 0 radical (unpaired) electrons. The molecule has 0 aromatic rings. The molecule has 0 aromatic heterocycles. The van der Waals surface area contributed by atoms with Crippen LogP contribution in [0.5, 0.6) is 0 Å². The second-order valence-corrected chi connectivity index (χ2v) is 2.39. The quantitative estimate of drug-likeness (QED) is 0.446. The number of cyclic esters (lactones) is 2.